The molecule has 0 heterocycles. The Labute approximate surface area is 61.5 Å². The summed E-state index contributed by atoms with van der Waals surface area (Å²) < 4.78 is 0. The van der Waals surface area contributed by atoms with E-state index in [0.717, 1.165) is 0 Å². The Hall–Kier alpha value is 0.757. The monoisotopic (exact) mass is 171 g/mol. The van der Waals surface area contributed by atoms with E-state index in [2.05, 4.69) is 4.98 Å². The molecule has 0 aromatic rings. The van der Waals surface area contributed by atoms with Gasteiger partial charge in [0.25, 0.3) is 0 Å². The Morgan fingerprint density at radius 2 is 1.62 bits per heavy atom. The number of hydrogen-bond donors (Lipinski definition) is 1. The highest BCUT2D eigenvalue weighted by Crippen LogP contribution is 2.02. The van der Waals surface area contributed by atoms with E-state index in [0.29, 0.717) is 0 Å². The van der Waals surface area contributed by atoms with Crippen molar-refractivity contribution in [3.05, 3.63) is 0 Å². The van der Waals surface area contributed by atoms with Crippen LogP contribution in [0, 0.1) is 0 Å². The third-order valence-electron chi connectivity index (χ3n) is 0.542. The Morgan fingerprint density at radius 3 is 1.62 bits per heavy atom. The second kappa shape index (κ2) is 3.06. The van der Waals surface area contributed by atoms with Gasteiger partial charge in [-0.05, 0) is 20.8 Å². The van der Waals surface area contributed by atoms with E-state index in [-0.39, 0.29) is 5.54 Å². The summed E-state index contributed by atoms with van der Waals surface area (Å²) in [5.74, 6) is 0. The van der Waals surface area contributed by atoms with E-state index in [1.54, 1.807) is 0 Å². The van der Waals surface area contributed by atoms with E-state index in [1.807, 2.05) is 20.8 Å². The lowest BCUT2D eigenvalue weighted by atomic mass is 10.1. The number of halogens is 2. The topological polar surface area (TPSA) is 12.0 Å². The van der Waals surface area contributed by atoms with Crippen molar-refractivity contribution >= 4 is 29.7 Å². The summed E-state index contributed by atoms with van der Waals surface area (Å²) in [5.41, 5.74) is 0.0698. The van der Waals surface area contributed by atoms with Gasteiger partial charge in [-0.2, -0.15) is 0 Å². The normalized spacial score (nSPS) is 12.8. The molecule has 0 bridgehead atoms. The quantitative estimate of drug-likeness (QED) is 0.467. The van der Waals surface area contributed by atoms with Crippen molar-refractivity contribution in [2.45, 2.75) is 26.3 Å². The maximum Gasteiger partial charge on any atom is 0.307 e. The molecule has 1 N–H and O–H groups in total. The largest absolute Gasteiger partial charge is 0.311 e. The first kappa shape index (κ1) is 8.76. The van der Waals surface area contributed by atoms with Crippen molar-refractivity contribution in [2.75, 3.05) is 0 Å². The van der Waals surface area contributed by atoms with Crippen molar-refractivity contribution in [1.82, 2.24) is 4.98 Å². The fourth-order valence-corrected chi connectivity index (χ4v) is 2.95. The van der Waals surface area contributed by atoms with Gasteiger partial charge in [-0.15, -0.1) is 22.2 Å². The molecule has 0 unspecified atom stereocenters. The summed E-state index contributed by atoms with van der Waals surface area (Å²) in [6, 6.07) is 0. The van der Waals surface area contributed by atoms with Gasteiger partial charge in [0.15, 0.2) is 0 Å². The van der Waals surface area contributed by atoms with Crippen LogP contribution in [0.5, 0.6) is 0 Å². The minimum Gasteiger partial charge on any atom is -0.311 e. The first-order valence-corrected chi connectivity index (χ1v) is 6.54. The van der Waals surface area contributed by atoms with Crippen LogP contribution in [0.4, 0.5) is 0 Å². The molecule has 0 aliphatic rings. The van der Waals surface area contributed by atoms with Crippen LogP contribution >= 0.6 is 22.2 Å². The van der Waals surface area contributed by atoms with Gasteiger partial charge in [-0.3, -0.25) is 0 Å². The molecule has 50 valence electrons. The van der Waals surface area contributed by atoms with E-state index < -0.39 is 7.58 Å². The SMILES string of the molecule is CC(C)(C)N[SiH](Cl)Cl. The molecule has 0 spiro atoms. The van der Waals surface area contributed by atoms with Crippen LogP contribution in [0.15, 0.2) is 0 Å². The molecule has 0 aromatic heterocycles. The Balaban J connectivity index is 3.39. The average Bonchev–Trinajstić information content (AvgIpc) is 1.21. The molecule has 0 aliphatic heterocycles. The third-order valence-corrected chi connectivity index (χ3v) is 2.28. The summed E-state index contributed by atoms with van der Waals surface area (Å²) in [5, 5.41) is 0. The lowest BCUT2D eigenvalue weighted by molar-refractivity contribution is 0.525. The highest BCUT2D eigenvalue weighted by molar-refractivity contribution is 7.32. The van der Waals surface area contributed by atoms with Crippen LogP contribution in [0.2, 0.25) is 0 Å². The second-order valence-corrected chi connectivity index (χ2v) is 6.87. The molecule has 0 aliphatic carbocycles. The van der Waals surface area contributed by atoms with Gasteiger partial charge in [0.05, 0.1) is 0 Å². The Kier molecular flexibility index (Phi) is 3.35. The molecule has 0 fully saturated rings. The van der Waals surface area contributed by atoms with Crippen LogP contribution in [-0.2, 0) is 0 Å². The zero-order chi connectivity index (χ0) is 6.78. The molecule has 8 heavy (non-hydrogen) atoms. The summed E-state index contributed by atoms with van der Waals surface area (Å²) in [4.78, 5) is 3.05. The maximum atomic E-state index is 5.56. The van der Waals surface area contributed by atoms with Crippen LogP contribution in [0.1, 0.15) is 20.8 Å². The molecule has 0 amide bonds. The highest BCUT2D eigenvalue weighted by atomic mass is 35.7. The summed E-state index contributed by atoms with van der Waals surface area (Å²) in [6.45, 7) is 6.12. The predicted octanol–water partition coefficient (Wildman–Crippen LogP) is 1.57. The minimum atomic E-state index is -1.60. The summed E-state index contributed by atoms with van der Waals surface area (Å²) in [7, 11) is -1.60. The van der Waals surface area contributed by atoms with Crippen molar-refractivity contribution in [1.29, 1.82) is 0 Å². The van der Waals surface area contributed by atoms with Crippen molar-refractivity contribution in [3.8, 4) is 0 Å². The summed E-state index contributed by atoms with van der Waals surface area (Å²) in [6.07, 6.45) is 0. The zero-order valence-electron chi connectivity index (χ0n) is 5.33. The summed E-state index contributed by atoms with van der Waals surface area (Å²) >= 11 is 11.1. The van der Waals surface area contributed by atoms with Crippen molar-refractivity contribution < 1.29 is 0 Å². The van der Waals surface area contributed by atoms with E-state index >= 15 is 0 Å². The molecule has 0 aromatic carbocycles. The van der Waals surface area contributed by atoms with Crippen molar-refractivity contribution in [3.63, 3.8) is 0 Å². The molecule has 1 nitrogen and oxygen atoms in total. The minimum absolute atomic E-state index is 0.0698. The van der Waals surface area contributed by atoms with Crippen LogP contribution in [-0.4, -0.2) is 13.1 Å². The fourth-order valence-electron chi connectivity index (χ4n) is 0.327. The van der Waals surface area contributed by atoms with Gasteiger partial charge >= 0.3 is 7.58 Å². The maximum absolute atomic E-state index is 5.56. The molecule has 0 saturated carbocycles. The van der Waals surface area contributed by atoms with E-state index in [9.17, 15) is 0 Å². The van der Waals surface area contributed by atoms with E-state index in [4.69, 9.17) is 22.2 Å². The lowest BCUT2D eigenvalue weighted by Crippen LogP contribution is -2.41. The highest BCUT2D eigenvalue weighted by Gasteiger charge is 2.13. The van der Waals surface area contributed by atoms with E-state index in [1.165, 1.54) is 0 Å². The molecule has 0 saturated heterocycles. The van der Waals surface area contributed by atoms with Crippen LogP contribution < -0.4 is 4.98 Å². The van der Waals surface area contributed by atoms with Gasteiger partial charge in [0.2, 0.25) is 0 Å². The molecule has 0 rings (SSSR count). The standard InChI is InChI=1S/C4H11Cl2NSi/c1-4(2,3)7-8(5)6/h7-8H,1-3H3. The average molecular weight is 172 g/mol. The predicted molar refractivity (Wildman–Crippen MR) is 41.7 cm³/mol. The molecule has 0 radical (unpaired) electrons. The third kappa shape index (κ3) is 6.76. The number of hydrogen-bond acceptors (Lipinski definition) is 1. The molecular weight excluding hydrogens is 161 g/mol. The number of rotatable bonds is 1. The first-order chi connectivity index (χ1) is 3.42. The molecular formula is C4H11Cl2NSi. The van der Waals surface area contributed by atoms with Gasteiger partial charge in [0.1, 0.15) is 0 Å². The van der Waals surface area contributed by atoms with Gasteiger partial charge < -0.3 is 4.98 Å². The van der Waals surface area contributed by atoms with Crippen LogP contribution in [0.25, 0.3) is 0 Å². The molecule has 4 heteroatoms. The van der Waals surface area contributed by atoms with Crippen LogP contribution in [0.3, 0.4) is 0 Å². The zero-order valence-corrected chi connectivity index (χ0v) is 8.00. The molecule has 0 atom stereocenters. The fraction of sp³-hybridized carbons (Fsp3) is 1.00. The van der Waals surface area contributed by atoms with Gasteiger partial charge in [-0.1, -0.05) is 0 Å². The van der Waals surface area contributed by atoms with Gasteiger partial charge in [-0.25, -0.2) is 0 Å². The first-order valence-electron chi connectivity index (χ1n) is 2.48. The smallest absolute Gasteiger partial charge is 0.307 e. The second-order valence-electron chi connectivity index (χ2n) is 2.70. The Bertz CT molecular complexity index is 68.9. The number of nitrogens with one attached hydrogen (secondary N) is 1. The lowest BCUT2D eigenvalue weighted by Gasteiger charge is -2.20. The van der Waals surface area contributed by atoms with Crippen molar-refractivity contribution in [2.24, 2.45) is 0 Å². The van der Waals surface area contributed by atoms with Gasteiger partial charge in [0, 0.05) is 5.54 Å². The Morgan fingerprint density at radius 1 is 1.25 bits per heavy atom.